The molecule has 3 N–H and O–H groups in total. The predicted molar refractivity (Wildman–Crippen MR) is 77.1 cm³/mol. The summed E-state index contributed by atoms with van der Waals surface area (Å²) in [6, 6.07) is 5.03. The van der Waals surface area contributed by atoms with Gasteiger partial charge in [-0.25, -0.2) is 0 Å². The van der Waals surface area contributed by atoms with E-state index in [2.05, 4.69) is 5.32 Å². The summed E-state index contributed by atoms with van der Waals surface area (Å²) in [6.07, 6.45) is 5.35. The first kappa shape index (κ1) is 12.8. The van der Waals surface area contributed by atoms with Crippen molar-refractivity contribution in [2.45, 2.75) is 25.7 Å². The average molecular weight is 279 g/mol. The second kappa shape index (κ2) is 5.04. The van der Waals surface area contributed by atoms with Crippen molar-refractivity contribution in [2.24, 2.45) is 17.8 Å². The first-order chi connectivity index (χ1) is 9.15. The van der Waals surface area contributed by atoms with E-state index in [1.54, 1.807) is 18.2 Å². The summed E-state index contributed by atoms with van der Waals surface area (Å²) in [4.78, 5) is 12.1. The van der Waals surface area contributed by atoms with Crippen LogP contribution < -0.4 is 11.1 Å². The lowest BCUT2D eigenvalue weighted by Crippen LogP contribution is -2.31. The number of nitrogen functional groups attached to an aromatic ring is 1. The Hall–Kier alpha value is -1.22. The highest BCUT2D eigenvalue weighted by Gasteiger charge is 2.41. The molecule has 0 unspecified atom stereocenters. The fourth-order valence-electron chi connectivity index (χ4n) is 2.75. The summed E-state index contributed by atoms with van der Waals surface area (Å²) >= 11 is 5.94. The van der Waals surface area contributed by atoms with Crippen LogP contribution in [0.3, 0.4) is 0 Å². The third-order valence-electron chi connectivity index (χ3n) is 4.22. The van der Waals surface area contributed by atoms with E-state index in [4.69, 9.17) is 17.3 Å². The number of hydrogen-bond acceptors (Lipinski definition) is 2. The minimum Gasteiger partial charge on any atom is -0.398 e. The van der Waals surface area contributed by atoms with E-state index in [-0.39, 0.29) is 5.91 Å². The van der Waals surface area contributed by atoms with Crippen molar-refractivity contribution in [3.63, 3.8) is 0 Å². The number of carbonyl (C=O) groups is 1. The summed E-state index contributed by atoms with van der Waals surface area (Å²) in [5, 5.41) is 3.49. The van der Waals surface area contributed by atoms with Crippen molar-refractivity contribution in [1.82, 2.24) is 5.32 Å². The maximum atomic E-state index is 12.1. The lowest BCUT2D eigenvalue weighted by atomic mass is 9.98. The fraction of sp³-hybridized carbons (Fsp3) is 0.533. The van der Waals surface area contributed by atoms with Crippen LogP contribution in [0.5, 0.6) is 0 Å². The van der Waals surface area contributed by atoms with E-state index in [1.165, 1.54) is 25.7 Å². The van der Waals surface area contributed by atoms with Crippen LogP contribution in [0, 0.1) is 17.8 Å². The van der Waals surface area contributed by atoms with Crippen molar-refractivity contribution in [3.8, 4) is 0 Å². The van der Waals surface area contributed by atoms with Crippen molar-refractivity contribution >= 4 is 23.2 Å². The molecule has 0 heterocycles. The Morgan fingerprint density at radius 3 is 2.47 bits per heavy atom. The van der Waals surface area contributed by atoms with Gasteiger partial charge in [0, 0.05) is 12.1 Å². The molecule has 2 saturated carbocycles. The number of nitrogens with one attached hydrogen (secondary N) is 1. The molecule has 19 heavy (non-hydrogen) atoms. The number of benzene rings is 1. The van der Waals surface area contributed by atoms with E-state index in [9.17, 15) is 4.79 Å². The van der Waals surface area contributed by atoms with Crippen LogP contribution >= 0.6 is 11.6 Å². The molecule has 0 aromatic heterocycles. The van der Waals surface area contributed by atoms with Crippen LogP contribution in [0.2, 0.25) is 5.02 Å². The molecular formula is C15H19ClN2O. The van der Waals surface area contributed by atoms with Gasteiger partial charge in [0.05, 0.1) is 10.7 Å². The van der Waals surface area contributed by atoms with Crippen LogP contribution in [-0.2, 0) is 0 Å². The standard InChI is InChI=1S/C15H19ClN2O/c16-13-7-11(5-6-14(13)17)15(19)18-8-12(9-1-2-9)10-3-4-10/h5-7,9-10,12H,1-4,8,17H2,(H,18,19). The Balaban J connectivity index is 1.59. The molecule has 2 fully saturated rings. The topological polar surface area (TPSA) is 55.1 Å². The summed E-state index contributed by atoms with van der Waals surface area (Å²) in [5.41, 5.74) is 6.74. The van der Waals surface area contributed by atoms with E-state index >= 15 is 0 Å². The second-order valence-corrected chi connectivity index (χ2v) is 6.19. The van der Waals surface area contributed by atoms with Gasteiger partial charge in [-0.05, 0) is 61.6 Å². The smallest absolute Gasteiger partial charge is 0.251 e. The monoisotopic (exact) mass is 278 g/mol. The molecule has 1 aromatic rings. The van der Waals surface area contributed by atoms with Gasteiger partial charge in [-0.3, -0.25) is 4.79 Å². The van der Waals surface area contributed by atoms with Gasteiger partial charge in [-0.1, -0.05) is 11.6 Å². The van der Waals surface area contributed by atoms with Crippen molar-refractivity contribution in [3.05, 3.63) is 28.8 Å². The number of nitrogens with two attached hydrogens (primary N) is 1. The molecule has 0 saturated heterocycles. The zero-order valence-electron chi connectivity index (χ0n) is 10.9. The molecule has 0 atom stereocenters. The van der Waals surface area contributed by atoms with E-state index in [0.717, 1.165) is 18.4 Å². The van der Waals surface area contributed by atoms with Crippen LogP contribution in [0.4, 0.5) is 5.69 Å². The zero-order valence-corrected chi connectivity index (χ0v) is 11.6. The van der Waals surface area contributed by atoms with Gasteiger partial charge in [0.15, 0.2) is 0 Å². The van der Waals surface area contributed by atoms with Gasteiger partial charge >= 0.3 is 0 Å². The molecule has 0 bridgehead atoms. The molecule has 2 aliphatic carbocycles. The number of rotatable bonds is 5. The normalized spacial score (nSPS) is 18.6. The molecular weight excluding hydrogens is 260 g/mol. The third-order valence-corrected chi connectivity index (χ3v) is 4.54. The SMILES string of the molecule is Nc1ccc(C(=O)NCC(C2CC2)C2CC2)cc1Cl. The van der Waals surface area contributed by atoms with Gasteiger partial charge in [0.2, 0.25) is 0 Å². The van der Waals surface area contributed by atoms with Gasteiger partial charge in [-0.15, -0.1) is 0 Å². The highest BCUT2D eigenvalue weighted by molar-refractivity contribution is 6.33. The molecule has 4 heteroatoms. The largest absolute Gasteiger partial charge is 0.398 e. The number of carbonyl (C=O) groups excluding carboxylic acids is 1. The van der Waals surface area contributed by atoms with Crippen LogP contribution in [-0.4, -0.2) is 12.5 Å². The first-order valence-electron chi connectivity index (χ1n) is 6.98. The molecule has 0 spiro atoms. The highest BCUT2D eigenvalue weighted by atomic mass is 35.5. The molecule has 102 valence electrons. The summed E-state index contributed by atoms with van der Waals surface area (Å²) < 4.78 is 0. The predicted octanol–water partition coefficient (Wildman–Crippen LogP) is 3.09. The van der Waals surface area contributed by atoms with Crippen molar-refractivity contribution < 1.29 is 4.79 Å². The summed E-state index contributed by atoms with van der Waals surface area (Å²) in [6.45, 7) is 0.802. The Bertz CT molecular complexity index is 483. The second-order valence-electron chi connectivity index (χ2n) is 5.79. The Labute approximate surface area is 118 Å². The molecule has 0 radical (unpaired) electrons. The molecule has 0 aliphatic heterocycles. The maximum absolute atomic E-state index is 12.1. The van der Waals surface area contributed by atoms with Crippen LogP contribution in [0.15, 0.2) is 18.2 Å². The maximum Gasteiger partial charge on any atom is 0.251 e. The van der Waals surface area contributed by atoms with Gasteiger partial charge in [-0.2, -0.15) is 0 Å². The molecule has 3 nitrogen and oxygen atoms in total. The number of anilines is 1. The Morgan fingerprint density at radius 1 is 1.32 bits per heavy atom. The van der Waals surface area contributed by atoms with Crippen LogP contribution in [0.25, 0.3) is 0 Å². The zero-order chi connectivity index (χ0) is 13.4. The molecule has 2 aliphatic rings. The van der Waals surface area contributed by atoms with Crippen molar-refractivity contribution in [1.29, 1.82) is 0 Å². The minimum absolute atomic E-state index is 0.0480. The lowest BCUT2D eigenvalue weighted by Gasteiger charge is -2.16. The van der Waals surface area contributed by atoms with Gasteiger partial charge in [0.1, 0.15) is 0 Å². The molecule has 3 rings (SSSR count). The summed E-state index contributed by atoms with van der Waals surface area (Å²) in [7, 11) is 0. The Kier molecular flexibility index (Phi) is 3.40. The average Bonchev–Trinajstić information content (AvgIpc) is 3.26. The third kappa shape index (κ3) is 3.03. The first-order valence-corrected chi connectivity index (χ1v) is 7.36. The van der Waals surface area contributed by atoms with Crippen LogP contribution in [0.1, 0.15) is 36.0 Å². The quantitative estimate of drug-likeness (QED) is 0.813. The Morgan fingerprint density at radius 2 is 1.95 bits per heavy atom. The summed E-state index contributed by atoms with van der Waals surface area (Å²) in [5.74, 6) is 2.34. The van der Waals surface area contributed by atoms with Gasteiger partial charge in [0.25, 0.3) is 5.91 Å². The molecule has 1 aromatic carbocycles. The molecule has 1 amide bonds. The number of amides is 1. The minimum atomic E-state index is -0.0480. The van der Waals surface area contributed by atoms with Crippen molar-refractivity contribution in [2.75, 3.05) is 12.3 Å². The van der Waals surface area contributed by atoms with E-state index < -0.39 is 0 Å². The van der Waals surface area contributed by atoms with E-state index in [0.29, 0.717) is 22.2 Å². The van der Waals surface area contributed by atoms with Gasteiger partial charge < -0.3 is 11.1 Å². The number of hydrogen-bond donors (Lipinski definition) is 2. The number of halogens is 1. The fourth-order valence-corrected chi connectivity index (χ4v) is 2.93. The highest BCUT2D eigenvalue weighted by Crippen LogP contribution is 2.48. The van der Waals surface area contributed by atoms with E-state index in [1.807, 2.05) is 0 Å². The lowest BCUT2D eigenvalue weighted by molar-refractivity contribution is 0.0943.